The minimum atomic E-state index is 0.0227. The Hall–Kier alpha value is -3.94. The normalized spacial score (nSPS) is 14.1. The lowest BCUT2D eigenvalue weighted by Gasteiger charge is -2.36. The number of nitrogens with zero attached hydrogens (tertiary/aromatic N) is 5. The van der Waals surface area contributed by atoms with E-state index in [0.29, 0.717) is 24.5 Å². The van der Waals surface area contributed by atoms with E-state index in [1.165, 1.54) is 12.5 Å². The third kappa shape index (κ3) is 3.68. The second kappa shape index (κ2) is 8.06. The van der Waals surface area contributed by atoms with Crippen LogP contribution in [0.5, 0.6) is 0 Å². The van der Waals surface area contributed by atoms with E-state index in [2.05, 4.69) is 44.5 Å². The highest BCUT2D eigenvalue weighted by atomic mass is 16.3. The maximum Gasteiger partial charge on any atom is 0.257 e. The maximum absolute atomic E-state index is 12.5. The van der Waals surface area contributed by atoms with Crippen LogP contribution in [0.2, 0.25) is 0 Å². The molecule has 1 N–H and O–H groups in total. The number of piperazine rings is 1. The number of aromatic nitrogens is 3. The van der Waals surface area contributed by atoms with Gasteiger partial charge < -0.3 is 19.5 Å². The first kappa shape index (κ1) is 19.0. The Kier molecular flexibility index (Phi) is 4.95. The highest BCUT2D eigenvalue weighted by molar-refractivity contribution is 5.94. The summed E-state index contributed by atoms with van der Waals surface area (Å²) in [7, 11) is 1.83. The molecule has 0 bridgehead atoms. The summed E-state index contributed by atoms with van der Waals surface area (Å²) >= 11 is 0. The molecule has 0 spiro atoms. The van der Waals surface area contributed by atoms with Crippen molar-refractivity contribution in [3.8, 4) is 11.3 Å². The van der Waals surface area contributed by atoms with Crippen molar-refractivity contribution in [2.45, 2.75) is 0 Å². The summed E-state index contributed by atoms with van der Waals surface area (Å²) in [6, 6.07) is 12.0. The van der Waals surface area contributed by atoms with Gasteiger partial charge in [0.15, 0.2) is 5.82 Å². The van der Waals surface area contributed by atoms with Gasteiger partial charge in [0.2, 0.25) is 0 Å². The lowest BCUT2D eigenvalue weighted by atomic mass is 10.1. The van der Waals surface area contributed by atoms with Crippen molar-refractivity contribution in [2.24, 2.45) is 0 Å². The number of amides is 1. The van der Waals surface area contributed by atoms with Crippen LogP contribution in [0.1, 0.15) is 10.4 Å². The summed E-state index contributed by atoms with van der Waals surface area (Å²) in [5.41, 5.74) is 5.16. The van der Waals surface area contributed by atoms with Crippen LogP contribution in [0, 0.1) is 0 Å². The second-order valence-corrected chi connectivity index (χ2v) is 7.37. The quantitative estimate of drug-likeness (QED) is 0.548. The number of fused-ring (bicyclic) bond motifs is 1. The molecule has 8 nitrogen and oxygen atoms in total. The van der Waals surface area contributed by atoms with Gasteiger partial charge in [-0.2, -0.15) is 0 Å². The van der Waals surface area contributed by atoms with Crippen molar-refractivity contribution < 1.29 is 9.21 Å². The van der Waals surface area contributed by atoms with Gasteiger partial charge in [0.1, 0.15) is 11.8 Å². The van der Waals surface area contributed by atoms with Gasteiger partial charge in [-0.3, -0.25) is 9.78 Å². The predicted octanol–water partition coefficient (Wildman–Crippen LogP) is 3.29. The minimum Gasteiger partial charge on any atom is -0.472 e. The smallest absolute Gasteiger partial charge is 0.257 e. The average Bonchev–Trinajstić information content (AvgIpc) is 3.38. The SMILES string of the molecule is CNc1nc(-c2ccc(N3CCN(C(=O)c4ccoc4)CC3)cc2)cc2nccnc12. The molecule has 0 atom stereocenters. The number of nitrogens with one attached hydrogen (secondary N) is 1. The van der Waals surface area contributed by atoms with Gasteiger partial charge in [-0.25, -0.2) is 9.97 Å². The van der Waals surface area contributed by atoms with Crippen LogP contribution in [0.25, 0.3) is 22.3 Å². The van der Waals surface area contributed by atoms with Gasteiger partial charge in [-0.05, 0) is 24.3 Å². The molecule has 3 aromatic heterocycles. The van der Waals surface area contributed by atoms with E-state index in [-0.39, 0.29) is 5.91 Å². The second-order valence-electron chi connectivity index (χ2n) is 7.37. The van der Waals surface area contributed by atoms with E-state index < -0.39 is 0 Å². The van der Waals surface area contributed by atoms with Gasteiger partial charge in [0.05, 0.1) is 23.0 Å². The molecule has 1 saturated heterocycles. The summed E-state index contributed by atoms with van der Waals surface area (Å²) in [6.07, 6.45) is 6.38. The van der Waals surface area contributed by atoms with Crippen LogP contribution in [0.3, 0.4) is 0 Å². The van der Waals surface area contributed by atoms with Gasteiger partial charge in [-0.15, -0.1) is 0 Å². The highest BCUT2D eigenvalue weighted by Crippen LogP contribution is 2.27. The van der Waals surface area contributed by atoms with E-state index in [1.807, 2.05) is 18.0 Å². The largest absolute Gasteiger partial charge is 0.472 e. The molecule has 1 fully saturated rings. The van der Waals surface area contributed by atoms with Crippen molar-refractivity contribution in [2.75, 3.05) is 43.4 Å². The zero-order valence-corrected chi connectivity index (χ0v) is 17.2. The third-order valence-electron chi connectivity index (χ3n) is 5.56. The fraction of sp³-hybridized carbons (Fsp3) is 0.217. The van der Waals surface area contributed by atoms with Gasteiger partial charge in [-0.1, -0.05) is 12.1 Å². The van der Waals surface area contributed by atoms with Crippen LogP contribution in [-0.2, 0) is 0 Å². The average molecular weight is 414 g/mol. The first-order valence-electron chi connectivity index (χ1n) is 10.2. The molecule has 1 aromatic carbocycles. The molecule has 4 heterocycles. The summed E-state index contributed by atoms with van der Waals surface area (Å²) in [6.45, 7) is 2.94. The summed E-state index contributed by atoms with van der Waals surface area (Å²) in [5.74, 6) is 0.734. The number of benzene rings is 1. The summed E-state index contributed by atoms with van der Waals surface area (Å²) in [5, 5.41) is 3.11. The topological polar surface area (TPSA) is 87.4 Å². The Morgan fingerprint density at radius 2 is 1.81 bits per heavy atom. The van der Waals surface area contributed by atoms with Crippen molar-refractivity contribution in [1.29, 1.82) is 0 Å². The molecule has 1 amide bonds. The zero-order chi connectivity index (χ0) is 21.2. The number of hydrogen-bond donors (Lipinski definition) is 1. The fourth-order valence-corrected chi connectivity index (χ4v) is 3.87. The van der Waals surface area contributed by atoms with Crippen LogP contribution < -0.4 is 10.2 Å². The van der Waals surface area contributed by atoms with Crippen LogP contribution in [0.4, 0.5) is 11.5 Å². The number of anilines is 2. The van der Waals surface area contributed by atoms with E-state index in [1.54, 1.807) is 18.5 Å². The Bertz CT molecular complexity index is 1200. The van der Waals surface area contributed by atoms with E-state index in [0.717, 1.165) is 41.1 Å². The molecular weight excluding hydrogens is 392 g/mol. The molecule has 31 heavy (non-hydrogen) atoms. The Morgan fingerprint density at radius 3 is 2.52 bits per heavy atom. The van der Waals surface area contributed by atoms with Crippen molar-refractivity contribution in [1.82, 2.24) is 19.9 Å². The van der Waals surface area contributed by atoms with Gasteiger partial charge in [0.25, 0.3) is 5.91 Å². The predicted molar refractivity (Wildman–Crippen MR) is 119 cm³/mol. The first-order valence-corrected chi connectivity index (χ1v) is 10.2. The highest BCUT2D eigenvalue weighted by Gasteiger charge is 2.23. The molecule has 0 saturated carbocycles. The number of pyridine rings is 1. The van der Waals surface area contributed by atoms with E-state index >= 15 is 0 Å². The first-order chi connectivity index (χ1) is 15.2. The number of rotatable bonds is 4. The molecule has 1 aliphatic rings. The lowest BCUT2D eigenvalue weighted by molar-refractivity contribution is 0.0746. The number of furan rings is 1. The third-order valence-corrected chi connectivity index (χ3v) is 5.56. The van der Waals surface area contributed by atoms with E-state index in [9.17, 15) is 4.79 Å². The summed E-state index contributed by atoms with van der Waals surface area (Å²) < 4.78 is 5.03. The molecule has 0 aliphatic carbocycles. The van der Waals surface area contributed by atoms with E-state index in [4.69, 9.17) is 9.40 Å². The molecule has 156 valence electrons. The van der Waals surface area contributed by atoms with Crippen molar-refractivity contribution in [3.05, 3.63) is 66.9 Å². The molecule has 8 heteroatoms. The minimum absolute atomic E-state index is 0.0227. The number of carbonyl (C=O) groups is 1. The fourth-order valence-electron chi connectivity index (χ4n) is 3.87. The molecule has 5 rings (SSSR count). The monoisotopic (exact) mass is 414 g/mol. The molecule has 4 aromatic rings. The van der Waals surface area contributed by atoms with Crippen molar-refractivity contribution in [3.63, 3.8) is 0 Å². The van der Waals surface area contributed by atoms with Crippen LogP contribution in [-0.4, -0.2) is 59.0 Å². The lowest BCUT2D eigenvalue weighted by Crippen LogP contribution is -2.48. The van der Waals surface area contributed by atoms with Crippen LogP contribution >= 0.6 is 0 Å². The van der Waals surface area contributed by atoms with Crippen molar-refractivity contribution >= 4 is 28.4 Å². The standard InChI is InChI=1S/C23H22N6O2/c1-24-22-21-20(25-7-8-26-21)14-19(27-22)16-2-4-18(5-3-16)28-9-11-29(12-10-28)23(30)17-6-13-31-15-17/h2-8,13-15H,9-12H2,1H3,(H,24,27). The number of carbonyl (C=O) groups excluding carboxylic acids is 1. The Morgan fingerprint density at radius 1 is 1.03 bits per heavy atom. The molecule has 1 aliphatic heterocycles. The zero-order valence-electron chi connectivity index (χ0n) is 17.2. The number of hydrogen-bond acceptors (Lipinski definition) is 7. The maximum atomic E-state index is 12.5. The van der Waals surface area contributed by atoms with Gasteiger partial charge in [0, 0.05) is 56.9 Å². The Balaban J connectivity index is 1.31. The van der Waals surface area contributed by atoms with Crippen LogP contribution in [0.15, 0.2) is 65.7 Å². The molecular formula is C23H22N6O2. The Labute approximate surface area is 179 Å². The molecule has 0 unspecified atom stereocenters. The van der Waals surface area contributed by atoms with Gasteiger partial charge >= 0.3 is 0 Å². The molecule has 0 radical (unpaired) electrons. The summed E-state index contributed by atoms with van der Waals surface area (Å²) in [4.78, 5) is 30.1.